The fourth-order valence-corrected chi connectivity index (χ4v) is 3.87. The average Bonchev–Trinajstić information content (AvgIpc) is 2.47. The van der Waals surface area contributed by atoms with Crippen LogP contribution in [0.25, 0.3) is 0 Å². The van der Waals surface area contributed by atoms with Crippen LogP contribution in [-0.2, 0) is 6.54 Å². The Morgan fingerprint density at radius 3 is 2.86 bits per heavy atom. The highest BCUT2D eigenvalue weighted by molar-refractivity contribution is 5.11. The molecule has 1 aliphatic carbocycles. The molecule has 0 spiro atoms. The van der Waals surface area contributed by atoms with E-state index in [0.29, 0.717) is 0 Å². The zero-order chi connectivity index (χ0) is 15.3. The first-order chi connectivity index (χ1) is 10.1. The number of rotatable bonds is 6. The lowest BCUT2D eigenvalue weighted by Gasteiger charge is -2.48. The minimum absolute atomic E-state index is 0.180. The summed E-state index contributed by atoms with van der Waals surface area (Å²) in [5.41, 5.74) is 8.71. The van der Waals surface area contributed by atoms with Crippen molar-refractivity contribution in [3.05, 3.63) is 29.6 Å². The number of nitrogens with zero attached hydrogens (tertiary/aromatic N) is 2. The fraction of sp³-hybridized carbons (Fsp3) is 0.722. The molecule has 1 heterocycles. The zero-order valence-electron chi connectivity index (χ0n) is 13.9. The van der Waals surface area contributed by atoms with Crippen molar-refractivity contribution in [1.82, 2.24) is 9.88 Å². The lowest BCUT2D eigenvalue weighted by Crippen LogP contribution is -2.56. The van der Waals surface area contributed by atoms with Gasteiger partial charge < -0.3 is 5.73 Å². The Morgan fingerprint density at radius 2 is 2.24 bits per heavy atom. The van der Waals surface area contributed by atoms with Gasteiger partial charge in [0.15, 0.2) is 0 Å². The molecule has 2 atom stereocenters. The van der Waals surface area contributed by atoms with Gasteiger partial charge >= 0.3 is 0 Å². The first-order valence-electron chi connectivity index (χ1n) is 8.47. The van der Waals surface area contributed by atoms with Gasteiger partial charge in [-0.05, 0) is 50.8 Å². The average molecular weight is 289 g/mol. The molecule has 0 aromatic carbocycles. The molecule has 118 valence electrons. The minimum atomic E-state index is 0.180. The molecule has 3 nitrogen and oxygen atoms in total. The Bertz CT molecular complexity index is 446. The Labute approximate surface area is 129 Å². The van der Waals surface area contributed by atoms with E-state index in [2.05, 4.69) is 43.9 Å². The second kappa shape index (κ2) is 7.37. The van der Waals surface area contributed by atoms with E-state index in [1.54, 1.807) is 0 Å². The quantitative estimate of drug-likeness (QED) is 0.871. The second-order valence-corrected chi connectivity index (χ2v) is 6.82. The normalized spacial score (nSPS) is 26.2. The van der Waals surface area contributed by atoms with Crippen molar-refractivity contribution in [2.75, 3.05) is 13.1 Å². The van der Waals surface area contributed by atoms with E-state index < -0.39 is 0 Å². The monoisotopic (exact) mass is 289 g/mol. The lowest BCUT2D eigenvalue weighted by atomic mass is 9.75. The Kier molecular flexibility index (Phi) is 5.77. The molecular formula is C18H31N3. The molecular weight excluding hydrogens is 258 g/mol. The van der Waals surface area contributed by atoms with Crippen molar-refractivity contribution >= 4 is 0 Å². The van der Waals surface area contributed by atoms with E-state index >= 15 is 0 Å². The van der Waals surface area contributed by atoms with Crippen molar-refractivity contribution in [2.45, 2.75) is 65.0 Å². The van der Waals surface area contributed by atoms with E-state index in [4.69, 9.17) is 10.7 Å². The minimum Gasteiger partial charge on any atom is -0.329 e. The summed E-state index contributed by atoms with van der Waals surface area (Å²) in [5, 5.41) is 0. The molecule has 0 amide bonds. The third-order valence-electron chi connectivity index (χ3n) is 4.91. The maximum atomic E-state index is 6.25. The van der Waals surface area contributed by atoms with Gasteiger partial charge in [0.05, 0.1) is 5.69 Å². The molecule has 2 unspecified atom stereocenters. The summed E-state index contributed by atoms with van der Waals surface area (Å²) in [6, 6.07) is 6.32. The lowest BCUT2D eigenvalue weighted by molar-refractivity contribution is 0.0312. The molecule has 3 heteroatoms. The smallest absolute Gasteiger partial charge is 0.0547 e. The number of hydrogen-bond donors (Lipinski definition) is 1. The van der Waals surface area contributed by atoms with Gasteiger partial charge in [-0.3, -0.25) is 9.88 Å². The first-order valence-corrected chi connectivity index (χ1v) is 8.47. The third kappa shape index (κ3) is 4.04. The van der Waals surface area contributed by atoms with Crippen LogP contribution in [0.2, 0.25) is 0 Å². The van der Waals surface area contributed by atoms with Gasteiger partial charge in [-0.25, -0.2) is 0 Å². The summed E-state index contributed by atoms with van der Waals surface area (Å²) in [5.74, 6) is 0.784. The van der Waals surface area contributed by atoms with Gasteiger partial charge in [0.1, 0.15) is 0 Å². The summed E-state index contributed by atoms with van der Waals surface area (Å²) in [6.07, 6.45) is 6.29. The predicted molar refractivity (Wildman–Crippen MR) is 89.1 cm³/mol. The largest absolute Gasteiger partial charge is 0.329 e. The molecule has 1 fully saturated rings. The van der Waals surface area contributed by atoms with Crippen LogP contribution in [0.5, 0.6) is 0 Å². The van der Waals surface area contributed by atoms with E-state index in [9.17, 15) is 0 Å². The topological polar surface area (TPSA) is 42.2 Å². The van der Waals surface area contributed by atoms with Crippen molar-refractivity contribution in [3.8, 4) is 0 Å². The van der Waals surface area contributed by atoms with E-state index in [0.717, 1.165) is 31.2 Å². The number of nitrogens with two attached hydrogens (primary N) is 1. The van der Waals surface area contributed by atoms with Crippen LogP contribution in [0.15, 0.2) is 18.2 Å². The molecule has 21 heavy (non-hydrogen) atoms. The van der Waals surface area contributed by atoms with Gasteiger partial charge in [0.25, 0.3) is 0 Å². The van der Waals surface area contributed by atoms with Crippen LogP contribution in [0.4, 0.5) is 0 Å². The standard InChI is InChI=1S/C18H31N3/c1-4-11-21(13-17-9-5-8-16(3)20-17)18(14-19)10-6-7-15(2)12-18/h5,8-9,15H,4,6-7,10-14,19H2,1-3H3. The summed E-state index contributed by atoms with van der Waals surface area (Å²) < 4.78 is 0. The van der Waals surface area contributed by atoms with Crippen LogP contribution in [0.1, 0.15) is 57.3 Å². The van der Waals surface area contributed by atoms with Gasteiger partial charge in [0, 0.05) is 24.3 Å². The maximum Gasteiger partial charge on any atom is 0.0547 e. The summed E-state index contributed by atoms with van der Waals surface area (Å²) in [4.78, 5) is 7.31. The molecule has 0 aliphatic heterocycles. The number of hydrogen-bond acceptors (Lipinski definition) is 3. The predicted octanol–water partition coefficient (Wildman–Crippen LogP) is 3.51. The van der Waals surface area contributed by atoms with Crippen LogP contribution in [-0.4, -0.2) is 28.5 Å². The van der Waals surface area contributed by atoms with Crippen LogP contribution in [0, 0.1) is 12.8 Å². The van der Waals surface area contributed by atoms with Gasteiger partial charge in [0.2, 0.25) is 0 Å². The van der Waals surface area contributed by atoms with Gasteiger partial charge in [-0.15, -0.1) is 0 Å². The molecule has 2 N–H and O–H groups in total. The fourth-order valence-electron chi connectivity index (χ4n) is 3.87. The molecule has 2 rings (SSSR count). The zero-order valence-corrected chi connectivity index (χ0v) is 13.9. The van der Waals surface area contributed by atoms with Crippen molar-refractivity contribution < 1.29 is 0 Å². The van der Waals surface area contributed by atoms with E-state index in [1.807, 2.05) is 0 Å². The molecule has 1 aliphatic rings. The molecule has 1 aromatic heterocycles. The highest BCUT2D eigenvalue weighted by atomic mass is 15.2. The number of pyridine rings is 1. The summed E-state index contributed by atoms with van der Waals surface area (Å²) in [7, 11) is 0. The Morgan fingerprint density at radius 1 is 1.43 bits per heavy atom. The van der Waals surface area contributed by atoms with Gasteiger partial charge in [-0.1, -0.05) is 32.8 Å². The molecule has 1 aromatic rings. The molecule has 0 radical (unpaired) electrons. The van der Waals surface area contributed by atoms with E-state index in [-0.39, 0.29) is 5.54 Å². The second-order valence-electron chi connectivity index (χ2n) is 6.82. The highest BCUT2D eigenvalue weighted by Crippen LogP contribution is 2.37. The van der Waals surface area contributed by atoms with Gasteiger partial charge in [-0.2, -0.15) is 0 Å². The van der Waals surface area contributed by atoms with Crippen LogP contribution < -0.4 is 5.73 Å². The highest BCUT2D eigenvalue weighted by Gasteiger charge is 2.38. The van der Waals surface area contributed by atoms with Crippen LogP contribution >= 0.6 is 0 Å². The molecule has 1 saturated carbocycles. The Hall–Kier alpha value is -0.930. The van der Waals surface area contributed by atoms with Crippen molar-refractivity contribution in [3.63, 3.8) is 0 Å². The molecule has 0 bridgehead atoms. The maximum absolute atomic E-state index is 6.25. The van der Waals surface area contributed by atoms with Crippen molar-refractivity contribution in [1.29, 1.82) is 0 Å². The third-order valence-corrected chi connectivity index (χ3v) is 4.91. The Balaban J connectivity index is 2.19. The van der Waals surface area contributed by atoms with Crippen molar-refractivity contribution in [2.24, 2.45) is 11.7 Å². The molecule has 0 saturated heterocycles. The van der Waals surface area contributed by atoms with E-state index in [1.165, 1.54) is 37.8 Å². The number of aryl methyl sites for hydroxylation is 1. The summed E-state index contributed by atoms with van der Waals surface area (Å²) >= 11 is 0. The first kappa shape index (κ1) is 16.4. The number of aromatic nitrogens is 1. The SMILES string of the molecule is CCCN(Cc1cccc(C)n1)C1(CN)CCCC(C)C1. The summed E-state index contributed by atoms with van der Waals surface area (Å²) in [6.45, 7) is 9.50. The van der Waals surface area contributed by atoms with Crippen LogP contribution in [0.3, 0.4) is 0 Å².